The van der Waals surface area contributed by atoms with Crippen LogP contribution in [0.15, 0.2) is 24.3 Å². The van der Waals surface area contributed by atoms with Crippen molar-refractivity contribution in [2.45, 2.75) is 6.92 Å². The molecule has 1 aromatic rings. The Morgan fingerprint density at radius 3 is 2.58 bits per heavy atom. The molecule has 0 spiro atoms. The van der Waals surface area contributed by atoms with Gasteiger partial charge in [0.15, 0.2) is 0 Å². The number of ether oxygens (including phenoxy) is 1. The molecule has 4 heteroatoms. The zero-order valence-electron chi connectivity index (χ0n) is 6.90. The highest BCUT2D eigenvalue weighted by Gasteiger charge is 2.15. The highest BCUT2D eigenvalue weighted by atomic mass is 16.5. The molecule has 64 valence electrons. The van der Waals surface area contributed by atoms with E-state index >= 15 is 0 Å². The van der Waals surface area contributed by atoms with Crippen molar-refractivity contribution < 1.29 is 14.8 Å². The zero-order valence-corrected chi connectivity index (χ0v) is 6.90. The van der Waals surface area contributed by atoms with Crippen molar-refractivity contribution in [2.24, 2.45) is 0 Å². The third-order valence-electron chi connectivity index (χ3n) is 1.50. The maximum atomic E-state index is 8.91. The van der Waals surface area contributed by atoms with Gasteiger partial charge >= 0.3 is 7.12 Å². The Morgan fingerprint density at radius 1 is 1.33 bits per heavy atom. The van der Waals surface area contributed by atoms with E-state index in [0.717, 1.165) is 0 Å². The highest BCUT2D eigenvalue weighted by molar-refractivity contribution is 6.59. The maximum Gasteiger partial charge on any atom is 0.492 e. The molecule has 0 saturated heterocycles. The Bertz CT molecular complexity index is 250. The fourth-order valence-corrected chi connectivity index (χ4v) is 0.981. The smallest absolute Gasteiger partial charge is 0.492 e. The largest absolute Gasteiger partial charge is 0.494 e. The van der Waals surface area contributed by atoms with E-state index in [2.05, 4.69) is 0 Å². The van der Waals surface area contributed by atoms with Crippen LogP contribution in [-0.4, -0.2) is 23.8 Å². The summed E-state index contributed by atoms with van der Waals surface area (Å²) in [6.45, 7) is 2.37. The van der Waals surface area contributed by atoms with Crippen molar-refractivity contribution >= 4 is 12.6 Å². The third-order valence-corrected chi connectivity index (χ3v) is 1.50. The van der Waals surface area contributed by atoms with E-state index in [1.165, 1.54) is 0 Å². The van der Waals surface area contributed by atoms with Crippen LogP contribution in [0.1, 0.15) is 6.92 Å². The van der Waals surface area contributed by atoms with Crippen LogP contribution in [-0.2, 0) is 0 Å². The van der Waals surface area contributed by atoms with E-state index in [-0.39, 0.29) is 0 Å². The van der Waals surface area contributed by atoms with E-state index in [1.807, 2.05) is 6.92 Å². The van der Waals surface area contributed by atoms with Crippen LogP contribution in [0.2, 0.25) is 0 Å². The predicted molar refractivity (Wildman–Crippen MR) is 47.4 cm³/mol. The van der Waals surface area contributed by atoms with Crippen molar-refractivity contribution in [1.82, 2.24) is 0 Å². The lowest BCUT2D eigenvalue weighted by atomic mass is 9.80. The maximum absolute atomic E-state index is 8.91. The summed E-state index contributed by atoms with van der Waals surface area (Å²) in [5, 5.41) is 17.8. The molecule has 12 heavy (non-hydrogen) atoms. The number of para-hydroxylation sites is 1. The first-order valence-electron chi connectivity index (χ1n) is 3.83. The molecule has 3 nitrogen and oxygen atoms in total. The molecule has 0 fully saturated rings. The fourth-order valence-electron chi connectivity index (χ4n) is 0.981. The van der Waals surface area contributed by atoms with Gasteiger partial charge in [-0.05, 0) is 13.0 Å². The molecule has 0 bridgehead atoms. The Hall–Kier alpha value is -0.995. The molecule has 1 aromatic carbocycles. The van der Waals surface area contributed by atoms with Gasteiger partial charge in [-0.25, -0.2) is 0 Å². The second kappa shape index (κ2) is 4.14. The van der Waals surface area contributed by atoms with Crippen LogP contribution in [0, 0.1) is 0 Å². The summed E-state index contributed by atoms with van der Waals surface area (Å²) in [6.07, 6.45) is 0. The number of benzene rings is 1. The zero-order chi connectivity index (χ0) is 8.97. The van der Waals surface area contributed by atoms with Gasteiger partial charge in [-0.1, -0.05) is 18.2 Å². The summed E-state index contributed by atoms with van der Waals surface area (Å²) in [5.41, 5.74) is 0.402. The molecular formula is C8H11BO3. The second-order valence-corrected chi connectivity index (χ2v) is 2.34. The van der Waals surface area contributed by atoms with Gasteiger partial charge in [0.2, 0.25) is 0 Å². The Balaban J connectivity index is 2.92. The summed E-state index contributed by atoms with van der Waals surface area (Å²) in [4.78, 5) is 0. The summed E-state index contributed by atoms with van der Waals surface area (Å²) in [5.74, 6) is 0.523. The molecule has 0 aliphatic carbocycles. The molecular weight excluding hydrogens is 155 g/mol. The number of hydrogen-bond donors (Lipinski definition) is 2. The van der Waals surface area contributed by atoms with Crippen LogP contribution >= 0.6 is 0 Å². The van der Waals surface area contributed by atoms with E-state index in [1.54, 1.807) is 24.3 Å². The first-order chi connectivity index (χ1) is 5.75. The molecule has 0 aliphatic heterocycles. The summed E-state index contributed by atoms with van der Waals surface area (Å²) in [6, 6.07) is 6.85. The molecule has 2 N–H and O–H groups in total. The van der Waals surface area contributed by atoms with E-state index in [4.69, 9.17) is 14.8 Å². The van der Waals surface area contributed by atoms with Gasteiger partial charge in [0.25, 0.3) is 0 Å². The predicted octanol–water partition coefficient (Wildman–Crippen LogP) is -0.235. The minimum Gasteiger partial charge on any atom is -0.494 e. The molecule has 0 unspecified atom stereocenters. The minimum absolute atomic E-state index is 0.402. The minimum atomic E-state index is -1.47. The van der Waals surface area contributed by atoms with Gasteiger partial charge in [0, 0.05) is 5.46 Å². The van der Waals surface area contributed by atoms with E-state index in [0.29, 0.717) is 17.8 Å². The molecule has 1 rings (SSSR count). The van der Waals surface area contributed by atoms with Crippen LogP contribution in [0.5, 0.6) is 5.75 Å². The molecule has 0 aliphatic rings. The third kappa shape index (κ3) is 2.00. The first kappa shape index (κ1) is 9.10. The van der Waals surface area contributed by atoms with Crippen LogP contribution in [0.4, 0.5) is 0 Å². The van der Waals surface area contributed by atoms with Crippen molar-refractivity contribution in [3.8, 4) is 5.75 Å². The summed E-state index contributed by atoms with van der Waals surface area (Å²) >= 11 is 0. The standard InChI is InChI=1S/C8H11BO3/c1-2-12-8-6-4-3-5-7(8)9(10)11/h3-6,10-11H,2H2,1H3. The van der Waals surface area contributed by atoms with Gasteiger partial charge in [0.05, 0.1) is 6.61 Å². The lowest BCUT2D eigenvalue weighted by Crippen LogP contribution is -2.31. The first-order valence-corrected chi connectivity index (χ1v) is 3.83. The van der Waals surface area contributed by atoms with Gasteiger partial charge in [-0.3, -0.25) is 0 Å². The molecule has 0 amide bonds. The second-order valence-electron chi connectivity index (χ2n) is 2.34. The van der Waals surface area contributed by atoms with Crippen molar-refractivity contribution in [2.75, 3.05) is 6.61 Å². The lowest BCUT2D eigenvalue weighted by Gasteiger charge is -2.07. The SMILES string of the molecule is CCOc1ccccc1B(O)O. The average molecular weight is 166 g/mol. The van der Waals surface area contributed by atoms with Crippen molar-refractivity contribution in [3.05, 3.63) is 24.3 Å². The number of hydrogen-bond acceptors (Lipinski definition) is 3. The Morgan fingerprint density at radius 2 is 2.00 bits per heavy atom. The summed E-state index contributed by atoms with van der Waals surface area (Å²) in [7, 11) is -1.47. The average Bonchev–Trinajstić information content (AvgIpc) is 2.05. The van der Waals surface area contributed by atoms with Crippen LogP contribution in [0.3, 0.4) is 0 Å². The highest BCUT2D eigenvalue weighted by Crippen LogP contribution is 2.06. The van der Waals surface area contributed by atoms with Gasteiger partial charge in [-0.15, -0.1) is 0 Å². The fraction of sp³-hybridized carbons (Fsp3) is 0.250. The normalized spacial score (nSPS) is 9.58. The molecule has 0 atom stereocenters. The molecule has 0 aromatic heterocycles. The monoisotopic (exact) mass is 166 g/mol. The van der Waals surface area contributed by atoms with E-state index < -0.39 is 7.12 Å². The quantitative estimate of drug-likeness (QED) is 0.609. The van der Waals surface area contributed by atoms with E-state index in [9.17, 15) is 0 Å². The van der Waals surface area contributed by atoms with Crippen molar-refractivity contribution in [1.29, 1.82) is 0 Å². The molecule has 0 heterocycles. The van der Waals surface area contributed by atoms with Gasteiger partial charge in [0.1, 0.15) is 5.75 Å². The molecule has 0 saturated carbocycles. The Labute approximate surface area is 71.8 Å². The van der Waals surface area contributed by atoms with Crippen LogP contribution in [0.25, 0.3) is 0 Å². The van der Waals surface area contributed by atoms with Crippen LogP contribution < -0.4 is 10.2 Å². The van der Waals surface area contributed by atoms with Crippen molar-refractivity contribution in [3.63, 3.8) is 0 Å². The topological polar surface area (TPSA) is 49.7 Å². The van der Waals surface area contributed by atoms with Gasteiger partial charge in [-0.2, -0.15) is 0 Å². The Kier molecular flexibility index (Phi) is 3.14. The molecule has 0 radical (unpaired) electrons. The van der Waals surface area contributed by atoms with Gasteiger partial charge < -0.3 is 14.8 Å². The lowest BCUT2D eigenvalue weighted by molar-refractivity contribution is 0.340. The number of rotatable bonds is 3. The summed E-state index contributed by atoms with van der Waals surface area (Å²) < 4.78 is 5.18.